The second-order valence-corrected chi connectivity index (χ2v) is 6.30. The molecular formula is C16H22N6O. The van der Waals surface area contributed by atoms with E-state index in [2.05, 4.69) is 30.8 Å². The molecule has 0 saturated carbocycles. The molecule has 1 aliphatic rings. The van der Waals surface area contributed by atoms with Gasteiger partial charge in [-0.15, -0.1) is 10.2 Å². The molecule has 0 bridgehead atoms. The van der Waals surface area contributed by atoms with E-state index in [9.17, 15) is 4.79 Å². The molecule has 1 atom stereocenters. The number of benzene rings is 1. The zero-order chi connectivity index (χ0) is 16.3. The summed E-state index contributed by atoms with van der Waals surface area (Å²) >= 11 is 0. The summed E-state index contributed by atoms with van der Waals surface area (Å²) in [5.41, 5.74) is 1.82. The van der Waals surface area contributed by atoms with Crippen LogP contribution in [0.5, 0.6) is 0 Å². The maximum Gasteiger partial charge on any atom is 0.240 e. The Hall–Kier alpha value is -2.28. The summed E-state index contributed by atoms with van der Waals surface area (Å²) in [5.74, 6) is 0.775. The van der Waals surface area contributed by atoms with E-state index < -0.39 is 0 Å². The minimum atomic E-state index is -0.376. The van der Waals surface area contributed by atoms with Crippen molar-refractivity contribution < 1.29 is 4.79 Å². The fraction of sp³-hybridized carbons (Fsp3) is 0.500. The van der Waals surface area contributed by atoms with Gasteiger partial charge in [0, 0.05) is 13.0 Å². The molecule has 2 N–H and O–H groups in total. The molecule has 7 heteroatoms. The molecular weight excluding hydrogens is 292 g/mol. The average Bonchev–Trinajstić information content (AvgIpc) is 3.17. The van der Waals surface area contributed by atoms with Gasteiger partial charge in [-0.1, -0.05) is 29.5 Å². The van der Waals surface area contributed by atoms with Gasteiger partial charge < -0.3 is 5.32 Å². The van der Waals surface area contributed by atoms with Gasteiger partial charge in [0.25, 0.3) is 0 Å². The number of carbonyl (C=O) groups is 1. The smallest absolute Gasteiger partial charge is 0.240 e. The highest BCUT2D eigenvalue weighted by Crippen LogP contribution is 2.27. The maximum absolute atomic E-state index is 12.4. The van der Waals surface area contributed by atoms with Crippen molar-refractivity contribution in [3.05, 3.63) is 41.2 Å². The number of tetrazole rings is 1. The first-order valence-corrected chi connectivity index (χ1v) is 7.87. The Morgan fingerprint density at radius 2 is 2.09 bits per heavy atom. The van der Waals surface area contributed by atoms with E-state index in [0.29, 0.717) is 18.8 Å². The average molecular weight is 314 g/mol. The van der Waals surface area contributed by atoms with Gasteiger partial charge in [-0.2, -0.15) is 5.21 Å². The highest BCUT2D eigenvalue weighted by molar-refractivity contribution is 5.86. The molecule has 2 aromatic rings. The topological polar surface area (TPSA) is 86.8 Å². The normalized spacial score (nSPS) is 21.5. The second-order valence-electron chi connectivity index (χ2n) is 6.30. The third-order valence-electron chi connectivity index (χ3n) is 4.72. The van der Waals surface area contributed by atoms with Crippen LogP contribution in [0.4, 0.5) is 0 Å². The molecule has 1 amide bonds. The van der Waals surface area contributed by atoms with Crippen LogP contribution in [0.2, 0.25) is 0 Å². The molecule has 1 unspecified atom stereocenters. The molecule has 1 aromatic carbocycles. The van der Waals surface area contributed by atoms with Crippen LogP contribution in [-0.2, 0) is 17.8 Å². The summed E-state index contributed by atoms with van der Waals surface area (Å²) in [6, 6.07) is 8.11. The number of nitrogens with zero attached hydrogens (tertiary/aromatic N) is 4. The van der Waals surface area contributed by atoms with Gasteiger partial charge in [-0.05, 0) is 44.5 Å². The van der Waals surface area contributed by atoms with E-state index in [0.717, 1.165) is 30.5 Å². The largest absolute Gasteiger partial charge is 0.350 e. The van der Waals surface area contributed by atoms with Crippen LogP contribution in [0.25, 0.3) is 0 Å². The Kier molecular flexibility index (Phi) is 4.38. The molecule has 1 aliphatic heterocycles. The lowest BCUT2D eigenvalue weighted by molar-refractivity contribution is -0.130. The number of amides is 1. The van der Waals surface area contributed by atoms with Crippen LogP contribution in [0.1, 0.15) is 36.7 Å². The molecule has 2 heterocycles. The number of nitrogens with one attached hydrogen (secondary N) is 2. The number of likely N-dealkylation sites (N-methyl/N-ethyl adjacent to an activating group) is 1. The first-order chi connectivity index (χ1) is 11.1. The Morgan fingerprint density at radius 3 is 2.70 bits per heavy atom. The molecule has 23 heavy (non-hydrogen) atoms. The van der Waals surface area contributed by atoms with Crippen LogP contribution in [0.15, 0.2) is 24.3 Å². The third kappa shape index (κ3) is 3.39. The van der Waals surface area contributed by atoms with Gasteiger partial charge in [0.05, 0.1) is 5.54 Å². The lowest BCUT2D eigenvalue weighted by Gasteiger charge is -2.30. The van der Waals surface area contributed by atoms with Crippen LogP contribution in [-0.4, -0.2) is 50.6 Å². The van der Waals surface area contributed by atoms with Crippen LogP contribution < -0.4 is 5.32 Å². The zero-order valence-electron chi connectivity index (χ0n) is 13.5. The number of aromatic nitrogens is 4. The molecule has 7 nitrogen and oxygen atoms in total. The molecule has 1 fully saturated rings. The van der Waals surface area contributed by atoms with E-state index in [1.807, 2.05) is 38.2 Å². The Balaban J connectivity index is 1.55. The van der Waals surface area contributed by atoms with E-state index in [4.69, 9.17) is 0 Å². The molecule has 1 aromatic heterocycles. The standard InChI is InChI=1S/C16H22N6O/c1-16(8-3-9-22(16)2)15(23)17-11-13-6-4-12(5-7-13)10-14-18-20-21-19-14/h4-7H,3,8-11H2,1-2H3,(H,17,23)(H,18,19,20,21). The van der Waals surface area contributed by atoms with Gasteiger partial charge in [-0.25, -0.2) is 0 Å². The number of rotatable bonds is 5. The van der Waals surface area contributed by atoms with Crippen molar-refractivity contribution in [1.29, 1.82) is 0 Å². The van der Waals surface area contributed by atoms with Crippen molar-refractivity contribution >= 4 is 5.91 Å². The third-order valence-corrected chi connectivity index (χ3v) is 4.72. The Labute approximate surface area is 135 Å². The van der Waals surface area contributed by atoms with Gasteiger partial charge in [0.2, 0.25) is 5.91 Å². The number of hydrogen-bond donors (Lipinski definition) is 2. The highest BCUT2D eigenvalue weighted by Gasteiger charge is 2.40. The van der Waals surface area contributed by atoms with Crippen molar-refractivity contribution in [3.63, 3.8) is 0 Å². The van der Waals surface area contributed by atoms with E-state index in [1.165, 1.54) is 0 Å². The lowest BCUT2D eigenvalue weighted by Crippen LogP contribution is -2.51. The number of likely N-dealkylation sites (tertiary alicyclic amines) is 1. The second kappa shape index (κ2) is 6.45. The maximum atomic E-state index is 12.4. The monoisotopic (exact) mass is 314 g/mol. The molecule has 3 rings (SSSR count). The zero-order valence-corrected chi connectivity index (χ0v) is 13.5. The van der Waals surface area contributed by atoms with Crippen molar-refractivity contribution in [1.82, 2.24) is 30.8 Å². The molecule has 0 radical (unpaired) electrons. The molecule has 0 spiro atoms. The Bertz CT molecular complexity index is 654. The van der Waals surface area contributed by atoms with Gasteiger partial charge in [-0.3, -0.25) is 9.69 Å². The van der Waals surface area contributed by atoms with Gasteiger partial charge in [0.15, 0.2) is 5.82 Å². The first-order valence-electron chi connectivity index (χ1n) is 7.87. The fourth-order valence-electron chi connectivity index (χ4n) is 2.97. The lowest BCUT2D eigenvalue weighted by atomic mass is 9.98. The summed E-state index contributed by atoms with van der Waals surface area (Å²) in [7, 11) is 2.01. The number of carbonyl (C=O) groups excluding carboxylic acids is 1. The summed E-state index contributed by atoms with van der Waals surface area (Å²) in [5, 5.41) is 16.9. The van der Waals surface area contributed by atoms with E-state index in [1.54, 1.807) is 0 Å². The van der Waals surface area contributed by atoms with Crippen molar-refractivity contribution in [3.8, 4) is 0 Å². The van der Waals surface area contributed by atoms with Crippen molar-refractivity contribution in [2.45, 2.75) is 38.3 Å². The summed E-state index contributed by atoms with van der Waals surface area (Å²) < 4.78 is 0. The van der Waals surface area contributed by atoms with Crippen LogP contribution in [0, 0.1) is 0 Å². The summed E-state index contributed by atoms with van der Waals surface area (Å²) in [6.07, 6.45) is 2.64. The van der Waals surface area contributed by atoms with Gasteiger partial charge >= 0.3 is 0 Å². The predicted molar refractivity (Wildman–Crippen MR) is 85.5 cm³/mol. The van der Waals surface area contributed by atoms with Crippen LogP contribution >= 0.6 is 0 Å². The number of aromatic amines is 1. The Morgan fingerprint density at radius 1 is 1.35 bits per heavy atom. The van der Waals surface area contributed by atoms with E-state index >= 15 is 0 Å². The fourth-order valence-corrected chi connectivity index (χ4v) is 2.97. The molecule has 122 valence electrons. The van der Waals surface area contributed by atoms with Gasteiger partial charge in [0.1, 0.15) is 0 Å². The minimum absolute atomic E-state index is 0.105. The van der Waals surface area contributed by atoms with E-state index in [-0.39, 0.29) is 11.4 Å². The van der Waals surface area contributed by atoms with Crippen molar-refractivity contribution in [2.24, 2.45) is 0 Å². The quantitative estimate of drug-likeness (QED) is 0.856. The number of hydrogen-bond acceptors (Lipinski definition) is 5. The van der Waals surface area contributed by atoms with Crippen LogP contribution in [0.3, 0.4) is 0 Å². The molecule has 1 saturated heterocycles. The number of H-pyrrole nitrogens is 1. The highest BCUT2D eigenvalue weighted by atomic mass is 16.2. The molecule has 0 aliphatic carbocycles. The summed E-state index contributed by atoms with van der Waals surface area (Å²) in [4.78, 5) is 14.6. The predicted octanol–water partition coefficient (Wildman–Crippen LogP) is 0.891. The summed E-state index contributed by atoms with van der Waals surface area (Å²) in [6.45, 7) is 3.54. The first kappa shape index (κ1) is 15.6. The minimum Gasteiger partial charge on any atom is -0.350 e. The van der Waals surface area contributed by atoms with Crippen molar-refractivity contribution in [2.75, 3.05) is 13.6 Å². The SMILES string of the molecule is CN1CCCC1(C)C(=O)NCc1ccc(Cc2nn[nH]n2)cc1.